The number of thiazole rings is 1. The first kappa shape index (κ1) is 27.8. The first-order valence-corrected chi connectivity index (χ1v) is 13.6. The van der Waals surface area contributed by atoms with Crippen LogP contribution in [0.1, 0.15) is 64.1 Å². The fourth-order valence-corrected chi connectivity index (χ4v) is 5.25. The first-order chi connectivity index (χ1) is 17.1. The Kier molecular flexibility index (Phi) is 9.62. The highest BCUT2D eigenvalue weighted by Gasteiger charge is 2.41. The van der Waals surface area contributed by atoms with E-state index in [0.29, 0.717) is 38.9 Å². The molecule has 0 unspecified atom stereocenters. The maximum absolute atomic E-state index is 13.5. The highest BCUT2D eigenvalue weighted by molar-refractivity contribution is 7.13. The van der Waals surface area contributed by atoms with E-state index < -0.39 is 17.5 Å². The van der Waals surface area contributed by atoms with E-state index in [0.717, 1.165) is 34.5 Å². The number of aromatic nitrogens is 1. The van der Waals surface area contributed by atoms with E-state index in [9.17, 15) is 14.4 Å². The molecule has 2 heterocycles. The molecule has 0 aliphatic carbocycles. The maximum Gasteiger partial charge on any atom is 0.246 e. The van der Waals surface area contributed by atoms with Gasteiger partial charge < -0.3 is 21.3 Å². The molecular weight excluding hydrogens is 474 g/mol. The summed E-state index contributed by atoms with van der Waals surface area (Å²) in [4.78, 5) is 46.2. The molecule has 1 aliphatic rings. The third-order valence-corrected chi connectivity index (χ3v) is 7.52. The summed E-state index contributed by atoms with van der Waals surface area (Å²) in [5.41, 5.74) is 9.98. The Labute approximate surface area is 218 Å². The SMILES string of the molecule is Cc1ncsc1-c1ccc(CNC(=O)[C@@H]2CCCN2C(=O)[C@@H](NC(=O)CCCCN)C(C)(C)C)cc1. The lowest BCUT2D eigenvalue weighted by atomic mass is 9.85. The van der Waals surface area contributed by atoms with E-state index in [1.54, 1.807) is 16.2 Å². The third kappa shape index (κ3) is 7.13. The third-order valence-electron chi connectivity index (χ3n) is 6.54. The molecule has 9 heteroatoms. The number of nitrogens with two attached hydrogens (primary N) is 1. The lowest BCUT2D eigenvalue weighted by Crippen LogP contribution is -2.57. The molecule has 196 valence electrons. The van der Waals surface area contributed by atoms with Crippen molar-refractivity contribution in [2.45, 2.75) is 78.4 Å². The van der Waals surface area contributed by atoms with Crippen molar-refractivity contribution in [1.29, 1.82) is 0 Å². The quantitative estimate of drug-likeness (QED) is 0.421. The lowest BCUT2D eigenvalue weighted by molar-refractivity contribution is -0.143. The zero-order chi connectivity index (χ0) is 26.3. The Morgan fingerprint density at radius 3 is 2.53 bits per heavy atom. The van der Waals surface area contributed by atoms with Gasteiger partial charge in [0.15, 0.2) is 0 Å². The number of rotatable bonds is 10. The van der Waals surface area contributed by atoms with Crippen LogP contribution < -0.4 is 16.4 Å². The van der Waals surface area contributed by atoms with Crippen LogP contribution in [-0.2, 0) is 20.9 Å². The van der Waals surface area contributed by atoms with Gasteiger partial charge in [-0.2, -0.15) is 0 Å². The Morgan fingerprint density at radius 1 is 1.19 bits per heavy atom. The van der Waals surface area contributed by atoms with E-state index in [2.05, 4.69) is 15.6 Å². The molecule has 1 aromatic carbocycles. The number of unbranched alkanes of at least 4 members (excludes halogenated alkanes) is 1. The second kappa shape index (κ2) is 12.5. The monoisotopic (exact) mass is 513 g/mol. The summed E-state index contributed by atoms with van der Waals surface area (Å²) in [7, 11) is 0. The van der Waals surface area contributed by atoms with E-state index in [-0.39, 0.29) is 17.7 Å². The molecule has 0 bridgehead atoms. The molecular formula is C27H39N5O3S. The normalized spacial score (nSPS) is 16.6. The summed E-state index contributed by atoms with van der Waals surface area (Å²) < 4.78 is 0. The van der Waals surface area contributed by atoms with Gasteiger partial charge in [-0.25, -0.2) is 4.98 Å². The van der Waals surface area contributed by atoms with Crippen molar-refractivity contribution in [3.63, 3.8) is 0 Å². The molecule has 0 saturated carbocycles. The average Bonchev–Trinajstić information content (AvgIpc) is 3.50. The molecule has 2 atom stereocenters. The van der Waals surface area contributed by atoms with Gasteiger partial charge >= 0.3 is 0 Å². The van der Waals surface area contributed by atoms with Crippen molar-refractivity contribution < 1.29 is 14.4 Å². The van der Waals surface area contributed by atoms with Gasteiger partial charge in [0, 0.05) is 19.5 Å². The smallest absolute Gasteiger partial charge is 0.246 e. The fraction of sp³-hybridized carbons (Fsp3) is 0.556. The number of likely N-dealkylation sites (tertiary alicyclic amines) is 1. The van der Waals surface area contributed by atoms with E-state index in [1.165, 1.54) is 0 Å². The number of hydrogen-bond donors (Lipinski definition) is 3. The summed E-state index contributed by atoms with van der Waals surface area (Å²) in [6, 6.07) is 6.86. The van der Waals surface area contributed by atoms with E-state index in [4.69, 9.17) is 5.73 Å². The van der Waals surface area contributed by atoms with Crippen LogP contribution in [-0.4, -0.2) is 52.8 Å². The van der Waals surface area contributed by atoms with Crippen LogP contribution in [0, 0.1) is 12.3 Å². The van der Waals surface area contributed by atoms with Gasteiger partial charge in [-0.1, -0.05) is 45.0 Å². The number of nitrogens with zero attached hydrogens (tertiary/aromatic N) is 2. The predicted molar refractivity (Wildman–Crippen MR) is 143 cm³/mol. The standard InChI is InChI=1S/C27H39N5O3S/c1-18-23(36-17-30-18)20-12-10-19(11-13-20)16-29-25(34)21-8-7-15-32(21)26(35)24(27(2,3)4)31-22(33)9-5-6-14-28/h10-13,17,21,24H,5-9,14-16,28H2,1-4H3,(H,29,34)(H,31,33)/t21-,24+/m0/s1. The number of aryl methyl sites for hydroxylation is 1. The highest BCUT2D eigenvalue weighted by Crippen LogP contribution is 2.28. The van der Waals surface area contributed by atoms with E-state index >= 15 is 0 Å². The van der Waals surface area contributed by atoms with Crippen LogP contribution in [0.25, 0.3) is 10.4 Å². The Bertz CT molecular complexity index is 1040. The number of carbonyl (C=O) groups excluding carboxylic acids is 3. The number of nitrogens with one attached hydrogen (secondary N) is 2. The van der Waals surface area contributed by atoms with Crippen LogP contribution in [0.4, 0.5) is 0 Å². The summed E-state index contributed by atoms with van der Waals surface area (Å²) in [5, 5.41) is 5.93. The maximum atomic E-state index is 13.5. The van der Waals surface area contributed by atoms with Gasteiger partial charge in [0.05, 0.1) is 16.1 Å². The average molecular weight is 514 g/mol. The molecule has 2 aromatic rings. The molecule has 0 spiro atoms. The van der Waals surface area contributed by atoms with Gasteiger partial charge in [0.25, 0.3) is 0 Å². The minimum Gasteiger partial charge on any atom is -0.350 e. The number of carbonyl (C=O) groups is 3. The molecule has 8 nitrogen and oxygen atoms in total. The van der Waals surface area contributed by atoms with Gasteiger partial charge in [0.2, 0.25) is 17.7 Å². The zero-order valence-corrected chi connectivity index (χ0v) is 22.6. The van der Waals surface area contributed by atoms with Crippen molar-refractivity contribution in [2.75, 3.05) is 13.1 Å². The minimum absolute atomic E-state index is 0.158. The molecule has 3 amide bonds. The zero-order valence-electron chi connectivity index (χ0n) is 21.8. The molecule has 0 radical (unpaired) electrons. The number of amides is 3. The van der Waals surface area contributed by atoms with Gasteiger partial charge in [-0.15, -0.1) is 11.3 Å². The second-order valence-corrected chi connectivity index (χ2v) is 11.3. The number of hydrogen-bond acceptors (Lipinski definition) is 6. The topological polar surface area (TPSA) is 117 Å². The second-order valence-electron chi connectivity index (χ2n) is 10.5. The highest BCUT2D eigenvalue weighted by atomic mass is 32.1. The van der Waals surface area contributed by atoms with E-state index in [1.807, 2.05) is 57.5 Å². The van der Waals surface area contributed by atoms with Crippen molar-refractivity contribution in [3.05, 3.63) is 41.0 Å². The van der Waals surface area contributed by atoms with Gasteiger partial charge in [0.1, 0.15) is 12.1 Å². The summed E-state index contributed by atoms with van der Waals surface area (Å²) in [6.07, 6.45) is 3.16. The van der Waals surface area contributed by atoms with Crippen molar-refractivity contribution in [3.8, 4) is 10.4 Å². The molecule has 1 aliphatic heterocycles. The first-order valence-electron chi connectivity index (χ1n) is 12.7. The summed E-state index contributed by atoms with van der Waals surface area (Å²) in [6.45, 7) is 9.21. The van der Waals surface area contributed by atoms with Crippen LogP contribution in [0.5, 0.6) is 0 Å². The van der Waals surface area contributed by atoms with Crippen molar-refractivity contribution in [2.24, 2.45) is 11.1 Å². The molecule has 1 aromatic heterocycles. The Morgan fingerprint density at radius 2 is 1.92 bits per heavy atom. The Hall–Kier alpha value is -2.78. The van der Waals surface area contributed by atoms with Gasteiger partial charge in [-0.05, 0) is 55.7 Å². The summed E-state index contributed by atoms with van der Waals surface area (Å²) >= 11 is 1.61. The molecule has 4 N–H and O–H groups in total. The molecule has 36 heavy (non-hydrogen) atoms. The Balaban J connectivity index is 1.61. The summed E-state index contributed by atoms with van der Waals surface area (Å²) in [5.74, 6) is -0.518. The van der Waals surface area contributed by atoms with Crippen LogP contribution in [0.3, 0.4) is 0 Å². The van der Waals surface area contributed by atoms with Crippen LogP contribution >= 0.6 is 11.3 Å². The predicted octanol–water partition coefficient (Wildman–Crippen LogP) is 3.39. The van der Waals surface area contributed by atoms with Gasteiger partial charge in [-0.3, -0.25) is 14.4 Å². The lowest BCUT2D eigenvalue weighted by Gasteiger charge is -2.35. The van der Waals surface area contributed by atoms with Crippen LogP contribution in [0.2, 0.25) is 0 Å². The van der Waals surface area contributed by atoms with Crippen molar-refractivity contribution in [1.82, 2.24) is 20.5 Å². The van der Waals surface area contributed by atoms with Crippen molar-refractivity contribution >= 4 is 29.1 Å². The number of benzene rings is 1. The molecule has 1 saturated heterocycles. The molecule has 1 fully saturated rings. The largest absolute Gasteiger partial charge is 0.350 e. The van der Waals surface area contributed by atoms with Crippen LogP contribution in [0.15, 0.2) is 29.8 Å². The fourth-order valence-electron chi connectivity index (χ4n) is 4.44. The molecule has 3 rings (SSSR count). The minimum atomic E-state index is -0.695.